The monoisotopic (exact) mass is 410 g/mol. The summed E-state index contributed by atoms with van der Waals surface area (Å²) in [6.45, 7) is 2.50. The molecule has 0 bridgehead atoms. The number of benzene rings is 2. The van der Waals surface area contributed by atoms with E-state index in [0.29, 0.717) is 12.1 Å². The smallest absolute Gasteiger partial charge is 0.256 e. The molecule has 0 N–H and O–H groups in total. The molecule has 31 heavy (non-hydrogen) atoms. The van der Waals surface area contributed by atoms with Crippen molar-refractivity contribution in [1.29, 1.82) is 0 Å². The van der Waals surface area contributed by atoms with Crippen LogP contribution in [-0.2, 0) is 20.0 Å². The van der Waals surface area contributed by atoms with E-state index in [1.165, 1.54) is 11.1 Å². The minimum atomic E-state index is 0.0128. The van der Waals surface area contributed by atoms with Crippen LogP contribution in [0.3, 0.4) is 0 Å². The van der Waals surface area contributed by atoms with E-state index in [1.54, 1.807) is 6.20 Å². The van der Waals surface area contributed by atoms with Crippen molar-refractivity contribution >= 4 is 16.8 Å². The van der Waals surface area contributed by atoms with E-state index in [0.717, 1.165) is 41.6 Å². The maximum Gasteiger partial charge on any atom is 0.256 e. The van der Waals surface area contributed by atoms with E-state index >= 15 is 0 Å². The molecular formula is C26H26N4O. The van der Waals surface area contributed by atoms with Gasteiger partial charge in [-0.2, -0.15) is 5.10 Å². The van der Waals surface area contributed by atoms with Gasteiger partial charge in [-0.15, -0.1) is 0 Å². The minimum Gasteiger partial charge on any atom is -0.326 e. The molecule has 5 rings (SSSR count). The lowest BCUT2D eigenvalue weighted by molar-refractivity contribution is 0.0632. The number of carbonyl (C=O) groups is 1. The van der Waals surface area contributed by atoms with Crippen LogP contribution in [0.4, 0.5) is 0 Å². The van der Waals surface area contributed by atoms with Crippen LogP contribution in [0.2, 0.25) is 0 Å². The highest BCUT2D eigenvalue weighted by Crippen LogP contribution is 2.36. The molecule has 0 aliphatic heterocycles. The molecule has 2 heterocycles. The second kappa shape index (κ2) is 7.99. The van der Waals surface area contributed by atoms with Crippen molar-refractivity contribution in [3.63, 3.8) is 0 Å². The Kier molecular flexibility index (Phi) is 5.02. The molecule has 5 heteroatoms. The fraction of sp³-hybridized carbons (Fsp3) is 0.269. The third-order valence-corrected chi connectivity index (χ3v) is 6.24. The molecule has 1 aliphatic rings. The van der Waals surface area contributed by atoms with E-state index < -0.39 is 0 Å². The van der Waals surface area contributed by atoms with Gasteiger partial charge in [0, 0.05) is 18.6 Å². The lowest BCUT2D eigenvalue weighted by Gasteiger charge is -2.36. The maximum atomic E-state index is 13.9. The number of aryl methyl sites for hydroxylation is 3. The number of fused-ring (bicyclic) bond motifs is 2. The van der Waals surface area contributed by atoms with Crippen molar-refractivity contribution in [2.24, 2.45) is 7.05 Å². The number of amides is 1. The molecule has 2 aromatic heterocycles. The molecule has 1 atom stereocenters. The van der Waals surface area contributed by atoms with Crippen LogP contribution >= 0.6 is 0 Å². The largest absolute Gasteiger partial charge is 0.326 e. The fourth-order valence-electron chi connectivity index (χ4n) is 4.72. The van der Waals surface area contributed by atoms with Gasteiger partial charge in [0.15, 0.2) is 0 Å². The molecule has 156 valence electrons. The first-order valence-electron chi connectivity index (χ1n) is 10.8. The zero-order valence-electron chi connectivity index (χ0n) is 18.0. The van der Waals surface area contributed by atoms with Crippen LogP contribution < -0.4 is 0 Å². The first kappa shape index (κ1) is 19.5. The summed E-state index contributed by atoms with van der Waals surface area (Å²) in [6.07, 6.45) is 4.81. The van der Waals surface area contributed by atoms with Crippen molar-refractivity contribution < 1.29 is 4.79 Å². The Morgan fingerprint density at radius 2 is 1.94 bits per heavy atom. The molecule has 0 spiro atoms. The van der Waals surface area contributed by atoms with E-state index in [9.17, 15) is 4.79 Å². The van der Waals surface area contributed by atoms with Crippen molar-refractivity contribution in [3.8, 4) is 0 Å². The Balaban J connectivity index is 1.57. The number of rotatable bonds is 4. The lowest BCUT2D eigenvalue weighted by Crippen LogP contribution is -2.37. The van der Waals surface area contributed by atoms with Gasteiger partial charge in [0.25, 0.3) is 5.91 Å². The highest BCUT2D eigenvalue weighted by Gasteiger charge is 2.31. The molecule has 0 radical (unpaired) electrons. The SMILES string of the molecule is Cc1cc(CN(C(=O)c2cnc3ccccc3c2)[C@H]2CCCc3ccccc32)n(C)n1. The zero-order chi connectivity index (χ0) is 21.4. The summed E-state index contributed by atoms with van der Waals surface area (Å²) in [5.74, 6) is 0.0128. The molecule has 0 saturated heterocycles. The number of nitrogens with zero attached hydrogens (tertiary/aromatic N) is 4. The quantitative estimate of drug-likeness (QED) is 0.476. The average Bonchev–Trinajstić information content (AvgIpc) is 3.12. The molecule has 1 aliphatic carbocycles. The Hall–Kier alpha value is -3.47. The zero-order valence-corrected chi connectivity index (χ0v) is 18.0. The Labute approximate surface area is 182 Å². The lowest BCUT2D eigenvalue weighted by atomic mass is 9.86. The van der Waals surface area contributed by atoms with Gasteiger partial charge in [-0.3, -0.25) is 14.5 Å². The van der Waals surface area contributed by atoms with Gasteiger partial charge < -0.3 is 4.90 Å². The summed E-state index contributed by atoms with van der Waals surface area (Å²) in [4.78, 5) is 20.4. The van der Waals surface area contributed by atoms with Gasteiger partial charge in [-0.1, -0.05) is 42.5 Å². The van der Waals surface area contributed by atoms with Crippen LogP contribution in [0, 0.1) is 6.92 Å². The Morgan fingerprint density at radius 3 is 2.77 bits per heavy atom. The van der Waals surface area contributed by atoms with Crippen molar-refractivity contribution in [2.75, 3.05) is 0 Å². The first-order valence-corrected chi connectivity index (χ1v) is 10.8. The van der Waals surface area contributed by atoms with Crippen LogP contribution in [0.5, 0.6) is 0 Å². The number of hydrogen-bond donors (Lipinski definition) is 0. The third-order valence-electron chi connectivity index (χ3n) is 6.24. The number of para-hydroxylation sites is 1. The predicted octanol–water partition coefficient (Wildman–Crippen LogP) is 5.00. The Morgan fingerprint density at radius 1 is 1.13 bits per heavy atom. The van der Waals surface area contributed by atoms with Gasteiger partial charge in [0.05, 0.1) is 35.1 Å². The van der Waals surface area contributed by atoms with E-state index in [1.807, 2.05) is 53.9 Å². The highest BCUT2D eigenvalue weighted by atomic mass is 16.2. The molecule has 5 nitrogen and oxygen atoms in total. The molecule has 2 aromatic carbocycles. The Bertz CT molecular complexity index is 1260. The average molecular weight is 411 g/mol. The summed E-state index contributed by atoms with van der Waals surface area (Å²) < 4.78 is 1.88. The number of carbonyl (C=O) groups excluding carboxylic acids is 1. The second-order valence-corrected chi connectivity index (χ2v) is 8.36. The number of pyridine rings is 1. The molecular weight excluding hydrogens is 384 g/mol. The molecule has 0 fully saturated rings. The molecule has 4 aromatic rings. The molecule has 1 amide bonds. The summed E-state index contributed by atoms with van der Waals surface area (Å²) in [6, 6.07) is 20.5. The standard InChI is InChI=1S/C26H26N4O/c1-18-14-22(29(2)28-18)17-30(25-13-7-10-19-8-3-5-11-23(19)25)26(31)21-15-20-9-4-6-12-24(20)27-16-21/h3-6,8-9,11-12,14-16,25H,7,10,13,17H2,1-2H3/t25-/m0/s1. The second-order valence-electron chi connectivity index (χ2n) is 8.36. The van der Waals surface area contributed by atoms with Gasteiger partial charge >= 0.3 is 0 Å². The van der Waals surface area contributed by atoms with Crippen LogP contribution in [-0.4, -0.2) is 25.6 Å². The minimum absolute atomic E-state index is 0.0128. The highest BCUT2D eigenvalue weighted by molar-refractivity contribution is 5.97. The topological polar surface area (TPSA) is 51.0 Å². The molecule has 0 saturated carbocycles. The third kappa shape index (κ3) is 3.72. The summed E-state index contributed by atoms with van der Waals surface area (Å²) in [5.41, 5.74) is 6.12. The predicted molar refractivity (Wildman–Crippen MR) is 122 cm³/mol. The van der Waals surface area contributed by atoms with Crippen molar-refractivity contribution in [3.05, 3.63) is 94.9 Å². The number of hydrogen-bond acceptors (Lipinski definition) is 3. The summed E-state index contributed by atoms with van der Waals surface area (Å²) in [7, 11) is 1.94. The molecule has 0 unspecified atom stereocenters. The van der Waals surface area contributed by atoms with Crippen LogP contribution in [0.15, 0.2) is 66.9 Å². The van der Waals surface area contributed by atoms with Gasteiger partial charge in [0.2, 0.25) is 0 Å². The fourth-order valence-corrected chi connectivity index (χ4v) is 4.72. The van der Waals surface area contributed by atoms with Gasteiger partial charge in [0.1, 0.15) is 0 Å². The normalized spacial score (nSPS) is 15.6. The van der Waals surface area contributed by atoms with E-state index in [4.69, 9.17) is 0 Å². The maximum absolute atomic E-state index is 13.9. The van der Waals surface area contributed by atoms with Gasteiger partial charge in [-0.25, -0.2) is 0 Å². The summed E-state index contributed by atoms with van der Waals surface area (Å²) >= 11 is 0. The first-order chi connectivity index (χ1) is 15.1. The van der Waals surface area contributed by atoms with E-state index in [2.05, 4.69) is 40.4 Å². The summed E-state index contributed by atoms with van der Waals surface area (Å²) in [5, 5.41) is 5.47. The van der Waals surface area contributed by atoms with Crippen molar-refractivity contribution in [1.82, 2.24) is 19.7 Å². The van der Waals surface area contributed by atoms with E-state index in [-0.39, 0.29) is 11.9 Å². The van der Waals surface area contributed by atoms with Crippen LogP contribution in [0.25, 0.3) is 10.9 Å². The van der Waals surface area contributed by atoms with Crippen molar-refractivity contribution in [2.45, 2.75) is 38.8 Å². The van der Waals surface area contributed by atoms with Crippen LogP contribution in [0.1, 0.15) is 51.8 Å². The number of aromatic nitrogens is 3. The van der Waals surface area contributed by atoms with Gasteiger partial charge in [-0.05, 0) is 55.5 Å².